The summed E-state index contributed by atoms with van der Waals surface area (Å²) in [6, 6.07) is 5.09. The summed E-state index contributed by atoms with van der Waals surface area (Å²) in [5.41, 5.74) is 0.507. The molecule has 0 aromatic heterocycles. The first kappa shape index (κ1) is 16.1. The second kappa shape index (κ2) is 6.66. The van der Waals surface area contributed by atoms with Gasteiger partial charge in [-0.15, -0.1) is 0 Å². The first-order valence-electron chi connectivity index (χ1n) is 6.72. The minimum Gasteiger partial charge on any atom is -0.496 e. The number of ether oxygens (including phenoxy) is 1. The standard InChI is InChI=1S/C14H18ClNO4S/c1-20-13-5-2-11(15)8-10(13)9-21(18,19)7-6-14(17)16-12-3-4-12/h2,5,8,12H,3-4,6-7,9H2,1H3,(H,16,17). The average molecular weight is 332 g/mol. The van der Waals surface area contributed by atoms with E-state index in [4.69, 9.17) is 16.3 Å². The fraction of sp³-hybridized carbons (Fsp3) is 0.500. The maximum atomic E-state index is 12.1. The van der Waals surface area contributed by atoms with Crippen molar-refractivity contribution in [2.75, 3.05) is 12.9 Å². The third-order valence-corrected chi connectivity index (χ3v) is 5.01. The Bertz CT molecular complexity index is 626. The van der Waals surface area contributed by atoms with Gasteiger partial charge in [-0.25, -0.2) is 8.42 Å². The number of hydrogen-bond acceptors (Lipinski definition) is 4. The van der Waals surface area contributed by atoms with Gasteiger partial charge in [0.2, 0.25) is 5.91 Å². The third kappa shape index (κ3) is 5.21. The fourth-order valence-corrected chi connectivity index (χ4v) is 3.48. The molecule has 1 N–H and O–H groups in total. The Kier molecular flexibility index (Phi) is 5.11. The molecule has 116 valence electrons. The van der Waals surface area contributed by atoms with Crippen LogP contribution in [-0.4, -0.2) is 33.2 Å². The first-order valence-corrected chi connectivity index (χ1v) is 8.92. The summed E-state index contributed by atoms with van der Waals surface area (Å²) in [5.74, 6) is -0.0983. The Morgan fingerprint density at radius 1 is 1.43 bits per heavy atom. The van der Waals surface area contributed by atoms with Gasteiger partial charge in [-0.05, 0) is 31.0 Å². The predicted octanol–water partition coefficient (Wildman–Crippen LogP) is 1.93. The molecule has 1 saturated carbocycles. The number of rotatable bonds is 7. The lowest BCUT2D eigenvalue weighted by molar-refractivity contribution is -0.120. The van der Waals surface area contributed by atoms with E-state index in [0.717, 1.165) is 12.8 Å². The van der Waals surface area contributed by atoms with E-state index in [1.807, 2.05) is 0 Å². The van der Waals surface area contributed by atoms with E-state index in [2.05, 4.69) is 5.32 Å². The molecule has 1 aliphatic carbocycles. The van der Waals surface area contributed by atoms with Gasteiger partial charge >= 0.3 is 0 Å². The number of nitrogens with one attached hydrogen (secondary N) is 1. The number of carbonyl (C=O) groups excluding carboxylic acids is 1. The molecule has 0 saturated heterocycles. The molecule has 0 bridgehead atoms. The zero-order chi connectivity index (χ0) is 15.5. The Morgan fingerprint density at radius 3 is 2.76 bits per heavy atom. The zero-order valence-electron chi connectivity index (χ0n) is 11.8. The van der Waals surface area contributed by atoms with Crippen LogP contribution in [0.15, 0.2) is 18.2 Å². The van der Waals surface area contributed by atoms with Gasteiger partial charge in [-0.2, -0.15) is 0 Å². The Balaban J connectivity index is 1.96. The van der Waals surface area contributed by atoms with Crippen LogP contribution in [0, 0.1) is 0 Å². The van der Waals surface area contributed by atoms with E-state index in [-0.39, 0.29) is 29.9 Å². The average Bonchev–Trinajstić information content (AvgIpc) is 3.20. The second-order valence-electron chi connectivity index (χ2n) is 5.14. The highest BCUT2D eigenvalue weighted by Gasteiger charge is 2.24. The van der Waals surface area contributed by atoms with E-state index in [1.54, 1.807) is 18.2 Å². The van der Waals surface area contributed by atoms with E-state index in [1.165, 1.54) is 7.11 Å². The monoisotopic (exact) mass is 331 g/mol. The fourth-order valence-electron chi connectivity index (χ4n) is 1.94. The maximum absolute atomic E-state index is 12.1. The van der Waals surface area contributed by atoms with Crippen molar-refractivity contribution in [3.8, 4) is 5.75 Å². The van der Waals surface area contributed by atoms with Crippen molar-refractivity contribution in [1.29, 1.82) is 0 Å². The summed E-state index contributed by atoms with van der Waals surface area (Å²) in [7, 11) is -1.92. The molecule has 0 aliphatic heterocycles. The Hall–Kier alpha value is -1.27. The smallest absolute Gasteiger partial charge is 0.221 e. The summed E-state index contributed by atoms with van der Waals surface area (Å²) in [6.45, 7) is 0. The lowest BCUT2D eigenvalue weighted by Gasteiger charge is -2.10. The number of hydrogen-bond donors (Lipinski definition) is 1. The van der Waals surface area contributed by atoms with Crippen LogP contribution in [-0.2, 0) is 20.4 Å². The van der Waals surface area contributed by atoms with Gasteiger partial charge in [-0.1, -0.05) is 11.6 Å². The van der Waals surface area contributed by atoms with Crippen molar-refractivity contribution in [2.24, 2.45) is 0 Å². The molecule has 0 heterocycles. The molecule has 0 unspecified atom stereocenters. The molecule has 0 atom stereocenters. The number of halogens is 1. The van der Waals surface area contributed by atoms with Gasteiger partial charge in [0.05, 0.1) is 18.6 Å². The summed E-state index contributed by atoms with van der Waals surface area (Å²) < 4.78 is 29.3. The van der Waals surface area contributed by atoms with Gasteiger partial charge < -0.3 is 10.1 Å². The molecular formula is C14H18ClNO4S. The van der Waals surface area contributed by atoms with Crippen LogP contribution in [0.5, 0.6) is 5.75 Å². The molecular weight excluding hydrogens is 314 g/mol. The number of sulfone groups is 1. The van der Waals surface area contributed by atoms with Crippen LogP contribution in [0.1, 0.15) is 24.8 Å². The summed E-state index contributed by atoms with van der Waals surface area (Å²) >= 11 is 5.88. The predicted molar refractivity (Wildman–Crippen MR) is 81.3 cm³/mol. The van der Waals surface area contributed by atoms with E-state index < -0.39 is 9.84 Å². The largest absolute Gasteiger partial charge is 0.496 e. The van der Waals surface area contributed by atoms with Crippen LogP contribution < -0.4 is 10.1 Å². The maximum Gasteiger partial charge on any atom is 0.221 e. The van der Waals surface area contributed by atoms with Crippen LogP contribution in [0.3, 0.4) is 0 Å². The number of amides is 1. The van der Waals surface area contributed by atoms with E-state index >= 15 is 0 Å². The second-order valence-corrected chi connectivity index (χ2v) is 7.76. The van der Waals surface area contributed by atoms with Gasteiger partial charge in [0, 0.05) is 23.0 Å². The molecule has 5 nitrogen and oxygen atoms in total. The molecule has 1 aromatic carbocycles. The van der Waals surface area contributed by atoms with Crippen LogP contribution in [0.25, 0.3) is 0 Å². The summed E-state index contributed by atoms with van der Waals surface area (Å²) in [6.07, 6.45) is 1.96. The van der Waals surface area contributed by atoms with Gasteiger partial charge in [0.1, 0.15) is 5.75 Å². The van der Waals surface area contributed by atoms with Crippen molar-refractivity contribution < 1.29 is 17.9 Å². The third-order valence-electron chi connectivity index (χ3n) is 3.20. The number of carbonyl (C=O) groups is 1. The molecule has 1 amide bonds. The minimum absolute atomic E-state index is 0.0122. The van der Waals surface area contributed by atoms with Gasteiger partial charge in [0.15, 0.2) is 9.84 Å². The van der Waals surface area contributed by atoms with E-state index in [9.17, 15) is 13.2 Å². The SMILES string of the molecule is COc1ccc(Cl)cc1CS(=O)(=O)CCC(=O)NC1CC1. The highest BCUT2D eigenvalue weighted by atomic mass is 35.5. The van der Waals surface area contributed by atoms with Gasteiger partial charge in [-0.3, -0.25) is 4.79 Å². The molecule has 1 fully saturated rings. The Morgan fingerprint density at radius 2 is 2.14 bits per heavy atom. The quantitative estimate of drug-likeness (QED) is 0.828. The first-order chi connectivity index (χ1) is 9.89. The van der Waals surface area contributed by atoms with Crippen LogP contribution in [0.2, 0.25) is 5.02 Å². The Labute approximate surface area is 129 Å². The normalized spacial score (nSPS) is 14.8. The highest BCUT2D eigenvalue weighted by Crippen LogP contribution is 2.25. The lowest BCUT2D eigenvalue weighted by atomic mass is 10.2. The van der Waals surface area contributed by atoms with E-state index in [0.29, 0.717) is 16.3 Å². The summed E-state index contributed by atoms with van der Waals surface area (Å²) in [5, 5.41) is 3.22. The summed E-state index contributed by atoms with van der Waals surface area (Å²) in [4.78, 5) is 11.5. The number of methoxy groups -OCH3 is 1. The highest BCUT2D eigenvalue weighted by molar-refractivity contribution is 7.90. The number of benzene rings is 1. The molecule has 21 heavy (non-hydrogen) atoms. The molecule has 1 aromatic rings. The van der Waals surface area contributed by atoms with Crippen molar-refractivity contribution in [3.05, 3.63) is 28.8 Å². The minimum atomic E-state index is -3.39. The van der Waals surface area contributed by atoms with Crippen LogP contribution >= 0.6 is 11.6 Å². The molecule has 0 spiro atoms. The molecule has 1 aliphatic rings. The lowest BCUT2D eigenvalue weighted by Crippen LogP contribution is -2.27. The van der Waals surface area contributed by atoms with Crippen LogP contribution in [0.4, 0.5) is 0 Å². The van der Waals surface area contributed by atoms with Gasteiger partial charge in [0.25, 0.3) is 0 Å². The molecule has 2 rings (SSSR count). The topological polar surface area (TPSA) is 72.5 Å². The zero-order valence-corrected chi connectivity index (χ0v) is 13.3. The molecule has 0 radical (unpaired) electrons. The molecule has 7 heteroatoms. The van der Waals surface area contributed by atoms with Crippen molar-refractivity contribution in [3.63, 3.8) is 0 Å². The van der Waals surface area contributed by atoms with Crippen molar-refractivity contribution >= 4 is 27.3 Å². The van der Waals surface area contributed by atoms with Crippen molar-refractivity contribution in [2.45, 2.75) is 31.1 Å². The van der Waals surface area contributed by atoms with Crippen molar-refractivity contribution in [1.82, 2.24) is 5.32 Å².